The number of hydrogen-bond acceptors (Lipinski definition) is 3. The number of aliphatic imine (C=N–C) groups is 1. The third-order valence-electron chi connectivity index (χ3n) is 4.96. The quantitative estimate of drug-likeness (QED) is 0.311. The van der Waals surface area contributed by atoms with Crippen molar-refractivity contribution in [1.82, 2.24) is 15.1 Å². The van der Waals surface area contributed by atoms with Gasteiger partial charge in [0.25, 0.3) is 0 Å². The maximum absolute atomic E-state index is 5.94. The van der Waals surface area contributed by atoms with E-state index in [1.165, 1.54) is 12.0 Å². The van der Waals surface area contributed by atoms with Crippen LogP contribution in [0.5, 0.6) is 0 Å². The zero-order valence-electron chi connectivity index (χ0n) is 17.2. The van der Waals surface area contributed by atoms with Gasteiger partial charge in [0, 0.05) is 32.1 Å². The molecule has 0 aliphatic carbocycles. The molecule has 0 bridgehead atoms. The molecule has 0 radical (unpaired) electrons. The number of halogens is 1. The van der Waals surface area contributed by atoms with Gasteiger partial charge < -0.3 is 19.9 Å². The van der Waals surface area contributed by atoms with Gasteiger partial charge >= 0.3 is 0 Å². The van der Waals surface area contributed by atoms with Crippen molar-refractivity contribution in [2.24, 2.45) is 10.9 Å². The fourth-order valence-electron chi connectivity index (χ4n) is 3.34. The molecule has 0 amide bonds. The number of likely N-dealkylation sites (tertiary alicyclic amines) is 1. The fraction of sp³-hybridized carbons (Fsp3) is 0.667. The number of rotatable bonds is 10. The summed E-state index contributed by atoms with van der Waals surface area (Å²) in [6, 6.07) is 10.4. The lowest BCUT2D eigenvalue weighted by Crippen LogP contribution is -2.40. The van der Waals surface area contributed by atoms with E-state index in [1.807, 2.05) is 6.07 Å². The molecule has 1 heterocycles. The molecule has 1 atom stereocenters. The molecule has 5 nitrogen and oxygen atoms in total. The summed E-state index contributed by atoms with van der Waals surface area (Å²) in [7, 11) is 0. The molecule has 27 heavy (non-hydrogen) atoms. The van der Waals surface area contributed by atoms with E-state index < -0.39 is 0 Å². The monoisotopic (exact) mass is 488 g/mol. The Balaban J connectivity index is 0.00000364. The van der Waals surface area contributed by atoms with Crippen molar-refractivity contribution >= 4 is 29.9 Å². The Morgan fingerprint density at radius 3 is 2.63 bits per heavy atom. The summed E-state index contributed by atoms with van der Waals surface area (Å²) >= 11 is 0. The lowest BCUT2D eigenvalue weighted by Gasteiger charge is -2.22. The molecular weight excluding hydrogens is 451 g/mol. The number of hydrogen-bond donors (Lipinski definition) is 1. The number of benzene rings is 1. The molecule has 0 aromatic heterocycles. The van der Waals surface area contributed by atoms with Crippen LogP contribution in [0, 0.1) is 5.92 Å². The van der Waals surface area contributed by atoms with Crippen molar-refractivity contribution in [3.8, 4) is 0 Å². The largest absolute Gasteiger partial charge is 0.376 e. The number of nitrogens with one attached hydrogen (secondary N) is 1. The predicted octanol–water partition coefficient (Wildman–Crippen LogP) is 3.45. The van der Waals surface area contributed by atoms with Gasteiger partial charge in [-0.25, -0.2) is 0 Å². The maximum atomic E-state index is 5.94. The lowest BCUT2D eigenvalue weighted by atomic mass is 10.1. The number of nitrogens with zero attached hydrogens (tertiary/aromatic N) is 3. The van der Waals surface area contributed by atoms with Crippen LogP contribution in [0.25, 0.3) is 0 Å². The second-order valence-electron chi connectivity index (χ2n) is 6.86. The minimum atomic E-state index is 0. The molecule has 0 spiro atoms. The van der Waals surface area contributed by atoms with E-state index in [0.717, 1.165) is 58.4 Å². The van der Waals surface area contributed by atoms with E-state index in [4.69, 9.17) is 9.73 Å². The van der Waals surface area contributed by atoms with Gasteiger partial charge in [-0.1, -0.05) is 44.2 Å². The van der Waals surface area contributed by atoms with Crippen molar-refractivity contribution in [1.29, 1.82) is 0 Å². The Bertz CT molecular complexity index is 522. The Morgan fingerprint density at radius 2 is 1.96 bits per heavy atom. The van der Waals surface area contributed by atoms with E-state index in [1.54, 1.807) is 0 Å². The minimum absolute atomic E-state index is 0. The van der Waals surface area contributed by atoms with E-state index >= 15 is 0 Å². The van der Waals surface area contributed by atoms with Gasteiger partial charge in [-0.3, -0.25) is 4.99 Å². The average molecular weight is 488 g/mol. The molecule has 1 fully saturated rings. The van der Waals surface area contributed by atoms with Crippen molar-refractivity contribution in [3.05, 3.63) is 35.9 Å². The SMILES string of the molecule is CCNC(=NCCN(CC)CC)N1CCC(COCc2ccccc2)C1.I. The lowest BCUT2D eigenvalue weighted by molar-refractivity contribution is 0.0906. The second kappa shape index (κ2) is 14.2. The van der Waals surface area contributed by atoms with Gasteiger partial charge in [0.2, 0.25) is 0 Å². The fourth-order valence-corrected chi connectivity index (χ4v) is 3.34. The summed E-state index contributed by atoms with van der Waals surface area (Å²) in [5.41, 5.74) is 1.24. The minimum Gasteiger partial charge on any atom is -0.376 e. The summed E-state index contributed by atoms with van der Waals surface area (Å²) in [6.45, 7) is 15.2. The van der Waals surface area contributed by atoms with Crippen LogP contribution < -0.4 is 5.32 Å². The molecule has 2 rings (SSSR count). The van der Waals surface area contributed by atoms with E-state index in [9.17, 15) is 0 Å². The van der Waals surface area contributed by atoms with Crippen LogP contribution in [0.15, 0.2) is 35.3 Å². The predicted molar refractivity (Wildman–Crippen MR) is 125 cm³/mol. The normalized spacial score (nSPS) is 17.3. The standard InChI is InChI=1S/C21H36N4O.HI/c1-4-22-21(23-13-15-24(5-2)6-3)25-14-12-20(16-25)18-26-17-19-10-8-7-9-11-19;/h7-11,20H,4-6,12-18H2,1-3H3,(H,22,23);1H. The highest BCUT2D eigenvalue weighted by Gasteiger charge is 2.24. The summed E-state index contributed by atoms with van der Waals surface area (Å²) in [4.78, 5) is 9.65. The average Bonchev–Trinajstić information content (AvgIpc) is 3.14. The van der Waals surface area contributed by atoms with E-state index in [-0.39, 0.29) is 24.0 Å². The van der Waals surface area contributed by atoms with Gasteiger partial charge in [0.15, 0.2) is 5.96 Å². The van der Waals surface area contributed by atoms with Crippen molar-refractivity contribution < 1.29 is 4.74 Å². The van der Waals surface area contributed by atoms with Crippen LogP contribution >= 0.6 is 24.0 Å². The molecule has 1 unspecified atom stereocenters. The molecule has 1 N–H and O–H groups in total. The molecule has 154 valence electrons. The highest BCUT2D eigenvalue weighted by Crippen LogP contribution is 2.17. The van der Waals surface area contributed by atoms with E-state index in [0.29, 0.717) is 12.5 Å². The third-order valence-corrected chi connectivity index (χ3v) is 4.96. The first-order valence-corrected chi connectivity index (χ1v) is 10.1. The van der Waals surface area contributed by atoms with Gasteiger partial charge in [0.1, 0.15) is 0 Å². The van der Waals surface area contributed by atoms with Gasteiger partial charge in [-0.15, -0.1) is 24.0 Å². The molecule has 1 saturated heterocycles. The maximum Gasteiger partial charge on any atom is 0.193 e. The topological polar surface area (TPSA) is 40.1 Å². The number of likely N-dealkylation sites (N-methyl/N-ethyl adjacent to an activating group) is 1. The Kier molecular flexibility index (Phi) is 12.7. The molecule has 1 aliphatic rings. The first-order chi connectivity index (χ1) is 12.8. The van der Waals surface area contributed by atoms with E-state index in [2.05, 4.69) is 60.2 Å². The molecular formula is C21H37IN4O. The van der Waals surface area contributed by atoms with Crippen molar-refractivity contribution in [2.45, 2.75) is 33.8 Å². The summed E-state index contributed by atoms with van der Waals surface area (Å²) in [6.07, 6.45) is 1.18. The summed E-state index contributed by atoms with van der Waals surface area (Å²) < 4.78 is 5.94. The zero-order valence-corrected chi connectivity index (χ0v) is 19.5. The summed E-state index contributed by atoms with van der Waals surface area (Å²) in [5.74, 6) is 1.65. The first kappa shape index (κ1) is 24.2. The highest BCUT2D eigenvalue weighted by molar-refractivity contribution is 14.0. The van der Waals surface area contributed by atoms with Crippen LogP contribution in [-0.2, 0) is 11.3 Å². The smallest absolute Gasteiger partial charge is 0.193 e. The van der Waals surface area contributed by atoms with Crippen molar-refractivity contribution in [3.63, 3.8) is 0 Å². The number of guanidine groups is 1. The Morgan fingerprint density at radius 1 is 1.22 bits per heavy atom. The Labute approximate surface area is 182 Å². The van der Waals surface area contributed by atoms with Crippen LogP contribution in [0.1, 0.15) is 32.8 Å². The Hall–Kier alpha value is -0.860. The highest BCUT2D eigenvalue weighted by atomic mass is 127. The molecule has 1 aromatic rings. The van der Waals surface area contributed by atoms with Crippen molar-refractivity contribution in [2.75, 3.05) is 52.4 Å². The molecule has 0 saturated carbocycles. The van der Waals surface area contributed by atoms with Gasteiger partial charge in [-0.05, 0) is 32.0 Å². The van der Waals surface area contributed by atoms with Gasteiger partial charge in [-0.2, -0.15) is 0 Å². The first-order valence-electron chi connectivity index (χ1n) is 10.1. The summed E-state index contributed by atoms with van der Waals surface area (Å²) in [5, 5.41) is 3.45. The molecule has 1 aliphatic heterocycles. The van der Waals surface area contributed by atoms with Crippen LogP contribution in [0.4, 0.5) is 0 Å². The van der Waals surface area contributed by atoms with Crippen LogP contribution in [0.3, 0.4) is 0 Å². The van der Waals surface area contributed by atoms with Crippen LogP contribution in [-0.4, -0.2) is 68.2 Å². The third kappa shape index (κ3) is 8.79. The molecule has 1 aromatic carbocycles. The number of ether oxygens (including phenoxy) is 1. The zero-order chi connectivity index (χ0) is 18.6. The van der Waals surface area contributed by atoms with Gasteiger partial charge in [0.05, 0.1) is 19.8 Å². The van der Waals surface area contributed by atoms with Crippen LogP contribution in [0.2, 0.25) is 0 Å². The second-order valence-corrected chi connectivity index (χ2v) is 6.86. The molecule has 6 heteroatoms.